The molecule has 0 atom stereocenters. The predicted molar refractivity (Wildman–Crippen MR) is 60.2 cm³/mol. The third-order valence-corrected chi connectivity index (χ3v) is 2.65. The normalized spacial score (nSPS) is 10.8. The highest BCUT2D eigenvalue weighted by Crippen LogP contribution is 2.23. The van der Waals surface area contributed by atoms with Gasteiger partial charge in [0, 0.05) is 16.7 Å². The van der Waals surface area contributed by atoms with Crippen LogP contribution in [0.25, 0.3) is 0 Å². The van der Waals surface area contributed by atoms with Crippen molar-refractivity contribution < 1.29 is 0 Å². The minimum Gasteiger partial charge on any atom is -0.316 e. The van der Waals surface area contributed by atoms with Gasteiger partial charge in [0.15, 0.2) is 0 Å². The molecule has 1 rings (SSSR count). The van der Waals surface area contributed by atoms with Crippen molar-refractivity contribution >= 4 is 11.8 Å². The van der Waals surface area contributed by atoms with Gasteiger partial charge < -0.3 is 5.32 Å². The van der Waals surface area contributed by atoms with Crippen molar-refractivity contribution in [2.24, 2.45) is 0 Å². The summed E-state index contributed by atoms with van der Waals surface area (Å²) in [5, 5.41) is 3.81. The van der Waals surface area contributed by atoms with Crippen molar-refractivity contribution in [2.45, 2.75) is 30.5 Å². The number of thioether (sulfide) groups is 1. The Morgan fingerprint density at radius 3 is 2.77 bits per heavy atom. The third kappa shape index (κ3) is 3.83. The summed E-state index contributed by atoms with van der Waals surface area (Å²) in [4.78, 5) is 1.36. The summed E-state index contributed by atoms with van der Waals surface area (Å²) in [6.07, 6.45) is 0. The van der Waals surface area contributed by atoms with Gasteiger partial charge in [-0.1, -0.05) is 26.0 Å². The molecule has 0 radical (unpaired) electrons. The van der Waals surface area contributed by atoms with Gasteiger partial charge in [-0.15, -0.1) is 11.8 Å². The van der Waals surface area contributed by atoms with Crippen LogP contribution >= 0.6 is 11.8 Å². The SMILES string of the molecule is CNCc1cccc(SC(C)C)c1. The van der Waals surface area contributed by atoms with Gasteiger partial charge in [-0.05, 0) is 24.7 Å². The highest BCUT2D eigenvalue weighted by atomic mass is 32.2. The smallest absolute Gasteiger partial charge is 0.0202 e. The Bertz CT molecular complexity index is 258. The number of rotatable bonds is 4. The first kappa shape index (κ1) is 10.6. The summed E-state index contributed by atoms with van der Waals surface area (Å²) in [5.41, 5.74) is 1.35. The van der Waals surface area contributed by atoms with E-state index in [4.69, 9.17) is 0 Å². The van der Waals surface area contributed by atoms with Crippen LogP contribution < -0.4 is 5.32 Å². The number of nitrogens with one attached hydrogen (secondary N) is 1. The van der Waals surface area contributed by atoms with Gasteiger partial charge in [0.25, 0.3) is 0 Å². The number of hydrogen-bond acceptors (Lipinski definition) is 2. The zero-order valence-corrected chi connectivity index (χ0v) is 9.32. The Morgan fingerprint density at radius 2 is 2.15 bits per heavy atom. The van der Waals surface area contributed by atoms with Crippen LogP contribution in [-0.4, -0.2) is 12.3 Å². The highest BCUT2D eigenvalue weighted by molar-refractivity contribution is 7.99. The number of hydrogen-bond donors (Lipinski definition) is 1. The maximum Gasteiger partial charge on any atom is 0.0202 e. The van der Waals surface area contributed by atoms with E-state index >= 15 is 0 Å². The molecule has 0 fully saturated rings. The van der Waals surface area contributed by atoms with Gasteiger partial charge in [-0.3, -0.25) is 0 Å². The minimum atomic E-state index is 0.657. The molecule has 0 aromatic heterocycles. The van der Waals surface area contributed by atoms with Crippen molar-refractivity contribution in [3.05, 3.63) is 29.8 Å². The molecule has 0 spiro atoms. The molecule has 1 nitrogen and oxygen atoms in total. The fourth-order valence-corrected chi connectivity index (χ4v) is 2.13. The Balaban J connectivity index is 2.67. The minimum absolute atomic E-state index is 0.657. The highest BCUT2D eigenvalue weighted by Gasteiger charge is 1.98. The van der Waals surface area contributed by atoms with Crippen LogP contribution in [0.2, 0.25) is 0 Å². The zero-order chi connectivity index (χ0) is 9.68. The van der Waals surface area contributed by atoms with Gasteiger partial charge in [0.05, 0.1) is 0 Å². The van der Waals surface area contributed by atoms with Gasteiger partial charge in [-0.25, -0.2) is 0 Å². The molecular formula is C11H17NS. The lowest BCUT2D eigenvalue weighted by molar-refractivity contribution is 0.815. The summed E-state index contributed by atoms with van der Waals surface area (Å²) in [6, 6.07) is 8.70. The molecule has 0 heterocycles. The molecule has 1 aromatic rings. The van der Waals surface area contributed by atoms with E-state index in [1.807, 2.05) is 18.8 Å². The summed E-state index contributed by atoms with van der Waals surface area (Å²) in [6.45, 7) is 5.39. The van der Waals surface area contributed by atoms with E-state index in [1.54, 1.807) is 0 Å². The monoisotopic (exact) mass is 195 g/mol. The van der Waals surface area contributed by atoms with E-state index in [0.717, 1.165) is 6.54 Å². The fraction of sp³-hybridized carbons (Fsp3) is 0.455. The first-order valence-corrected chi connectivity index (χ1v) is 5.50. The summed E-state index contributed by atoms with van der Waals surface area (Å²) < 4.78 is 0. The molecule has 0 aliphatic heterocycles. The Kier molecular flexibility index (Phi) is 4.33. The quantitative estimate of drug-likeness (QED) is 0.741. The molecule has 0 saturated heterocycles. The molecule has 1 aromatic carbocycles. The summed E-state index contributed by atoms with van der Waals surface area (Å²) in [7, 11) is 1.97. The van der Waals surface area contributed by atoms with Crippen LogP contribution in [0.5, 0.6) is 0 Å². The lowest BCUT2D eigenvalue weighted by atomic mass is 10.2. The van der Waals surface area contributed by atoms with Crippen molar-refractivity contribution in [2.75, 3.05) is 7.05 Å². The zero-order valence-electron chi connectivity index (χ0n) is 8.50. The summed E-state index contributed by atoms with van der Waals surface area (Å²) >= 11 is 1.91. The molecule has 0 amide bonds. The maximum atomic E-state index is 3.16. The molecule has 0 unspecified atom stereocenters. The van der Waals surface area contributed by atoms with Crippen LogP contribution in [0.1, 0.15) is 19.4 Å². The van der Waals surface area contributed by atoms with Gasteiger partial charge in [0.2, 0.25) is 0 Å². The van der Waals surface area contributed by atoms with E-state index in [2.05, 4.69) is 43.4 Å². The van der Waals surface area contributed by atoms with Gasteiger partial charge in [-0.2, -0.15) is 0 Å². The van der Waals surface area contributed by atoms with E-state index in [1.165, 1.54) is 10.5 Å². The molecular weight excluding hydrogens is 178 g/mol. The van der Waals surface area contributed by atoms with Crippen LogP contribution in [0.15, 0.2) is 29.2 Å². The second-order valence-electron chi connectivity index (χ2n) is 3.34. The molecule has 0 aliphatic carbocycles. The van der Waals surface area contributed by atoms with Crippen LogP contribution in [0, 0.1) is 0 Å². The molecule has 72 valence electrons. The van der Waals surface area contributed by atoms with Crippen LogP contribution in [0.3, 0.4) is 0 Å². The Hall–Kier alpha value is -0.470. The average Bonchev–Trinajstić information content (AvgIpc) is 2.04. The predicted octanol–water partition coefficient (Wildman–Crippen LogP) is 2.91. The molecule has 1 N–H and O–H groups in total. The second-order valence-corrected chi connectivity index (χ2v) is 4.99. The number of benzene rings is 1. The van der Waals surface area contributed by atoms with E-state index < -0.39 is 0 Å². The third-order valence-electron chi connectivity index (χ3n) is 1.65. The molecule has 2 heteroatoms. The van der Waals surface area contributed by atoms with E-state index in [0.29, 0.717) is 5.25 Å². The first-order chi connectivity index (χ1) is 6.22. The molecule has 0 aliphatic rings. The van der Waals surface area contributed by atoms with E-state index in [-0.39, 0.29) is 0 Å². The average molecular weight is 195 g/mol. The fourth-order valence-electron chi connectivity index (χ4n) is 1.21. The van der Waals surface area contributed by atoms with Crippen molar-refractivity contribution in [3.63, 3.8) is 0 Å². The lowest BCUT2D eigenvalue weighted by Gasteiger charge is -2.06. The van der Waals surface area contributed by atoms with Crippen molar-refractivity contribution in [3.8, 4) is 0 Å². The van der Waals surface area contributed by atoms with Crippen molar-refractivity contribution in [1.29, 1.82) is 0 Å². The maximum absolute atomic E-state index is 3.16. The van der Waals surface area contributed by atoms with Gasteiger partial charge in [0.1, 0.15) is 0 Å². The molecule has 0 bridgehead atoms. The van der Waals surface area contributed by atoms with Crippen molar-refractivity contribution in [1.82, 2.24) is 5.32 Å². The van der Waals surface area contributed by atoms with Crippen LogP contribution in [-0.2, 0) is 6.54 Å². The van der Waals surface area contributed by atoms with Crippen LogP contribution in [0.4, 0.5) is 0 Å². The molecule has 0 saturated carbocycles. The van der Waals surface area contributed by atoms with E-state index in [9.17, 15) is 0 Å². The van der Waals surface area contributed by atoms with Gasteiger partial charge >= 0.3 is 0 Å². The Labute approximate surface area is 84.9 Å². The molecule has 13 heavy (non-hydrogen) atoms. The largest absolute Gasteiger partial charge is 0.316 e. The topological polar surface area (TPSA) is 12.0 Å². The lowest BCUT2D eigenvalue weighted by Crippen LogP contribution is -2.04. The second kappa shape index (κ2) is 5.30. The summed E-state index contributed by atoms with van der Waals surface area (Å²) in [5.74, 6) is 0. The first-order valence-electron chi connectivity index (χ1n) is 4.62. The standard InChI is InChI=1S/C11H17NS/c1-9(2)13-11-6-4-5-10(7-11)8-12-3/h4-7,9,12H,8H2,1-3H3. The Morgan fingerprint density at radius 1 is 1.38 bits per heavy atom.